The van der Waals surface area contributed by atoms with E-state index in [-0.39, 0.29) is 0 Å². The van der Waals surface area contributed by atoms with Gasteiger partial charge in [-0.2, -0.15) is 0 Å². The van der Waals surface area contributed by atoms with E-state index >= 15 is 0 Å². The number of halogens is 2. The Balaban J connectivity index is 1.73. The molecule has 2 atom stereocenters. The van der Waals surface area contributed by atoms with Gasteiger partial charge in [-0.3, -0.25) is 0 Å². The first-order valence-corrected chi connectivity index (χ1v) is 7.75. The molecule has 2 aliphatic rings. The Kier molecular flexibility index (Phi) is 3.67. The van der Waals surface area contributed by atoms with Crippen LogP contribution in [0.25, 0.3) is 0 Å². The second-order valence-electron chi connectivity index (χ2n) is 5.56. The van der Waals surface area contributed by atoms with Crippen molar-refractivity contribution < 1.29 is 4.74 Å². The van der Waals surface area contributed by atoms with Gasteiger partial charge in [0.1, 0.15) is 0 Å². The Morgan fingerprint density at radius 2 is 2.16 bits per heavy atom. The van der Waals surface area contributed by atoms with Gasteiger partial charge in [-0.05, 0) is 38.3 Å². The lowest BCUT2D eigenvalue weighted by atomic mass is 9.51. The molecular weight excluding hydrogens is 281 g/mol. The summed E-state index contributed by atoms with van der Waals surface area (Å²) in [5.74, 6) is 0. The lowest BCUT2D eigenvalue weighted by molar-refractivity contribution is -0.157. The molecule has 2 aliphatic carbocycles. The number of benzene rings is 1. The van der Waals surface area contributed by atoms with Crippen LogP contribution >= 0.6 is 23.2 Å². The Labute approximate surface area is 124 Å². The second kappa shape index (κ2) is 5.16. The third-order valence-electron chi connectivity index (χ3n) is 4.72. The Morgan fingerprint density at radius 1 is 1.37 bits per heavy atom. The minimum absolute atomic E-state index is 0.335. The van der Waals surface area contributed by atoms with Crippen LogP contribution < -0.4 is 5.32 Å². The van der Waals surface area contributed by atoms with E-state index in [1.165, 1.54) is 19.3 Å². The fourth-order valence-electron chi connectivity index (χ4n) is 3.44. The summed E-state index contributed by atoms with van der Waals surface area (Å²) in [7, 11) is 0. The Hall–Kier alpha value is -0.440. The number of rotatable bonds is 4. The highest BCUT2D eigenvalue weighted by molar-refractivity contribution is 6.43. The molecule has 2 fully saturated rings. The van der Waals surface area contributed by atoms with Gasteiger partial charge in [0.05, 0.1) is 21.8 Å². The fraction of sp³-hybridized carbons (Fsp3) is 0.600. The molecule has 0 saturated heterocycles. The summed E-state index contributed by atoms with van der Waals surface area (Å²) in [5.41, 5.74) is 1.28. The first kappa shape index (κ1) is 13.5. The quantitative estimate of drug-likeness (QED) is 0.866. The maximum Gasteiger partial charge on any atom is 0.0823 e. The third-order valence-corrected chi connectivity index (χ3v) is 5.54. The second-order valence-corrected chi connectivity index (χ2v) is 6.35. The van der Waals surface area contributed by atoms with E-state index in [9.17, 15) is 0 Å². The zero-order chi connectivity index (χ0) is 13.5. The van der Waals surface area contributed by atoms with Crippen molar-refractivity contribution in [1.29, 1.82) is 0 Å². The smallest absolute Gasteiger partial charge is 0.0823 e. The van der Waals surface area contributed by atoms with Crippen LogP contribution in [0.3, 0.4) is 0 Å². The topological polar surface area (TPSA) is 21.3 Å². The molecule has 1 aromatic rings. The van der Waals surface area contributed by atoms with Crippen LogP contribution in [0.15, 0.2) is 18.2 Å². The zero-order valence-electron chi connectivity index (χ0n) is 11.1. The first-order valence-electron chi connectivity index (χ1n) is 6.99. The van der Waals surface area contributed by atoms with Crippen molar-refractivity contribution in [3.8, 4) is 0 Å². The Morgan fingerprint density at radius 3 is 2.79 bits per heavy atom. The summed E-state index contributed by atoms with van der Waals surface area (Å²) in [4.78, 5) is 0. The van der Waals surface area contributed by atoms with Crippen molar-refractivity contribution in [2.75, 3.05) is 11.9 Å². The summed E-state index contributed by atoms with van der Waals surface area (Å²) < 4.78 is 5.86. The molecular formula is C15H19Cl2NO. The number of hydrogen-bond acceptors (Lipinski definition) is 2. The average molecular weight is 300 g/mol. The molecule has 1 aromatic carbocycles. The maximum absolute atomic E-state index is 6.24. The third kappa shape index (κ3) is 2.14. The van der Waals surface area contributed by atoms with Crippen LogP contribution in [0.2, 0.25) is 10.0 Å². The number of hydrogen-bond donors (Lipinski definition) is 1. The largest absolute Gasteiger partial charge is 0.380 e. The van der Waals surface area contributed by atoms with Crippen molar-refractivity contribution in [3.63, 3.8) is 0 Å². The van der Waals surface area contributed by atoms with E-state index in [1.54, 1.807) is 0 Å². The van der Waals surface area contributed by atoms with Crippen molar-refractivity contribution in [3.05, 3.63) is 28.2 Å². The fourth-order valence-corrected chi connectivity index (χ4v) is 3.80. The number of ether oxygens (including phenoxy) is 1. The predicted molar refractivity (Wildman–Crippen MR) is 80.2 cm³/mol. The van der Waals surface area contributed by atoms with Crippen LogP contribution in [0.5, 0.6) is 0 Å². The van der Waals surface area contributed by atoms with Gasteiger partial charge in [0.25, 0.3) is 0 Å². The van der Waals surface area contributed by atoms with Crippen LogP contribution in [0.1, 0.15) is 32.6 Å². The lowest BCUT2D eigenvalue weighted by Gasteiger charge is -2.61. The van der Waals surface area contributed by atoms with Crippen LogP contribution in [-0.2, 0) is 4.74 Å². The molecule has 0 heterocycles. The molecule has 0 radical (unpaired) electrons. The summed E-state index contributed by atoms with van der Waals surface area (Å²) in [5, 5.41) is 4.80. The minimum Gasteiger partial charge on any atom is -0.380 e. The van der Waals surface area contributed by atoms with Gasteiger partial charge in [0, 0.05) is 18.1 Å². The van der Waals surface area contributed by atoms with E-state index in [2.05, 4.69) is 12.2 Å². The Bertz CT molecular complexity index is 473. The highest BCUT2D eigenvalue weighted by atomic mass is 35.5. The van der Waals surface area contributed by atoms with Gasteiger partial charge < -0.3 is 10.1 Å². The normalized spacial score (nSPS) is 27.7. The van der Waals surface area contributed by atoms with Crippen LogP contribution in [-0.4, -0.2) is 18.8 Å². The summed E-state index contributed by atoms with van der Waals surface area (Å²) in [6.07, 6.45) is 5.31. The SMILES string of the molecule is CCOC1CC(Nc2cccc(Cl)c2Cl)C12CCC2. The summed E-state index contributed by atoms with van der Waals surface area (Å²) in [6, 6.07) is 6.21. The van der Waals surface area contributed by atoms with Crippen molar-refractivity contribution in [1.82, 2.24) is 0 Å². The van der Waals surface area contributed by atoms with Gasteiger partial charge in [-0.25, -0.2) is 0 Å². The molecule has 3 rings (SSSR count). The molecule has 0 amide bonds. The van der Waals surface area contributed by atoms with Crippen LogP contribution in [0, 0.1) is 5.41 Å². The van der Waals surface area contributed by atoms with Crippen molar-refractivity contribution in [2.45, 2.75) is 44.8 Å². The summed E-state index contributed by atoms with van der Waals surface area (Å²) in [6.45, 7) is 2.87. The highest BCUT2D eigenvalue weighted by Crippen LogP contribution is 2.58. The van der Waals surface area contributed by atoms with E-state index in [1.807, 2.05) is 18.2 Å². The van der Waals surface area contributed by atoms with Crippen molar-refractivity contribution in [2.24, 2.45) is 5.41 Å². The highest BCUT2D eigenvalue weighted by Gasteiger charge is 2.58. The molecule has 104 valence electrons. The summed E-state index contributed by atoms with van der Waals surface area (Å²) >= 11 is 12.3. The minimum atomic E-state index is 0.335. The van der Waals surface area contributed by atoms with Gasteiger partial charge in [0.2, 0.25) is 0 Å². The lowest BCUT2D eigenvalue weighted by Crippen LogP contribution is -2.64. The molecule has 19 heavy (non-hydrogen) atoms. The first-order chi connectivity index (χ1) is 9.17. The number of nitrogens with one attached hydrogen (secondary N) is 1. The molecule has 0 bridgehead atoms. The molecule has 2 nitrogen and oxygen atoms in total. The van der Waals surface area contributed by atoms with Gasteiger partial charge in [0.15, 0.2) is 0 Å². The van der Waals surface area contributed by atoms with Crippen molar-refractivity contribution >= 4 is 28.9 Å². The maximum atomic E-state index is 6.24. The van der Waals surface area contributed by atoms with E-state index < -0.39 is 0 Å². The standard InChI is InChI=1S/C15H19Cl2NO/c1-2-19-13-9-12(15(13)7-4-8-15)18-11-6-3-5-10(16)14(11)17/h3,5-6,12-13,18H,2,4,7-9H2,1H3. The number of anilines is 1. The molecule has 0 aliphatic heterocycles. The molecule has 1 N–H and O–H groups in total. The van der Waals surface area contributed by atoms with Crippen LogP contribution in [0.4, 0.5) is 5.69 Å². The van der Waals surface area contributed by atoms with Gasteiger partial charge in [-0.1, -0.05) is 35.7 Å². The average Bonchev–Trinajstić information content (AvgIpc) is 2.31. The zero-order valence-corrected chi connectivity index (χ0v) is 12.6. The molecule has 4 heteroatoms. The molecule has 2 saturated carbocycles. The molecule has 1 spiro atoms. The van der Waals surface area contributed by atoms with E-state index in [0.29, 0.717) is 27.6 Å². The monoisotopic (exact) mass is 299 g/mol. The molecule has 0 aromatic heterocycles. The van der Waals surface area contributed by atoms with Gasteiger partial charge in [-0.15, -0.1) is 0 Å². The molecule has 2 unspecified atom stereocenters. The van der Waals surface area contributed by atoms with E-state index in [4.69, 9.17) is 27.9 Å². The predicted octanol–water partition coefficient (Wildman–Crippen LogP) is 4.75. The van der Waals surface area contributed by atoms with Gasteiger partial charge >= 0.3 is 0 Å². The van der Waals surface area contributed by atoms with E-state index in [0.717, 1.165) is 18.7 Å².